The number of nitrogens with one attached hydrogen (secondary N) is 1. The Balaban J connectivity index is 1.83. The van der Waals surface area contributed by atoms with Crippen molar-refractivity contribution in [2.45, 2.75) is 39.7 Å². The predicted octanol–water partition coefficient (Wildman–Crippen LogP) is 2.44. The first kappa shape index (κ1) is 19.3. The van der Waals surface area contributed by atoms with Crippen molar-refractivity contribution in [2.75, 3.05) is 26.2 Å². The zero-order chi connectivity index (χ0) is 19.2. The first-order chi connectivity index (χ1) is 13.1. The second-order valence-corrected chi connectivity index (χ2v) is 7.13. The molecule has 1 aliphatic rings. The van der Waals surface area contributed by atoms with Crippen LogP contribution in [0.3, 0.4) is 0 Å². The van der Waals surface area contributed by atoms with Crippen LogP contribution in [0.5, 0.6) is 0 Å². The van der Waals surface area contributed by atoms with Crippen molar-refractivity contribution < 1.29 is 4.79 Å². The monoisotopic (exact) mass is 368 g/mol. The summed E-state index contributed by atoms with van der Waals surface area (Å²) in [6.45, 7) is 7.89. The molecule has 0 radical (unpaired) electrons. The summed E-state index contributed by atoms with van der Waals surface area (Å²) in [6.07, 6.45) is 2.73. The van der Waals surface area contributed by atoms with E-state index in [-0.39, 0.29) is 11.5 Å². The van der Waals surface area contributed by atoms with Gasteiger partial charge in [0.2, 0.25) is 5.91 Å². The van der Waals surface area contributed by atoms with Crippen LogP contribution in [0.25, 0.3) is 11.4 Å². The summed E-state index contributed by atoms with van der Waals surface area (Å²) in [5, 5.41) is 0. The summed E-state index contributed by atoms with van der Waals surface area (Å²) in [7, 11) is 0. The maximum absolute atomic E-state index is 12.1. The van der Waals surface area contributed by atoms with Gasteiger partial charge in [-0.15, -0.1) is 0 Å². The molecule has 2 heterocycles. The molecule has 1 aromatic carbocycles. The van der Waals surface area contributed by atoms with E-state index in [4.69, 9.17) is 0 Å². The quantitative estimate of drug-likeness (QED) is 0.880. The molecule has 1 aliphatic heterocycles. The average Bonchev–Trinajstić information content (AvgIpc) is 2.88. The summed E-state index contributed by atoms with van der Waals surface area (Å²) in [6, 6.07) is 9.69. The second kappa shape index (κ2) is 8.95. The van der Waals surface area contributed by atoms with Crippen LogP contribution in [-0.2, 0) is 17.8 Å². The molecule has 144 valence electrons. The molecule has 0 bridgehead atoms. The fourth-order valence-corrected chi connectivity index (χ4v) is 3.59. The van der Waals surface area contributed by atoms with Crippen LogP contribution in [0, 0.1) is 0 Å². The molecular formula is C21H28N4O2. The lowest BCUT2D eigenvalue weighted by molar-refractivity contribution is -0.128. The van der Waals surface area contributed by atoms with Crippen molar-refractivity contribution in [1.29, 1.82) is 0 Å². The number of carbonyl (C=O) groups excluding carboxylic acids is 1. The largest absolute Gasteiger partial charge is 0.342 e. The molecule has 1 fully saturated rings. The molecule has 1 amide bonds. The van der Waals surface area contributed by atoms with E-state index in [0.717, 1.165) is 68.8 Å². The molecule has 0 unspecified atom stereocenters. The van der Waals surface area contributed by atoms with Gasteiger partial charge >= 0.3 is 0 Å². The third kappa shape index (κ3) is 5.04. The molecule has 0 aliphatic carbocycles. The number of rotatable bonds is 5. The van der Waals surface area contributed by atoms with Gasteiger partial charge in [0.25, 0.3) is 5.56 Å². The molecule has 27 heavy (non-hydrogen) atoms. The molecule has 0 saturated carbocycles. The number of carbonyl (C=O) groups is 1. The summed E-state index contributed by atoms with van der Waals surface area (Å²) >= 11 is 0. The van der Waals surface area contributed by atoms with Gasteiger partial charge in [-0.1, -0.05) is 37.6 Å². The van der Waals surface area contributed by atoms with E-state index in [1.165, 1.54) is 0 Å². The van der Waals surface area contributed by atoms with Gasteiger partial charge in [-0.05, 0) is 18.4 Å². The van der Waals surface area contributed by atoms with E-state index in [0.29, 0.717) is 5.82 Å². The molecule has 6 heteroatoms. The van der Waals surface area contributed by atoms with Crippen molar-refractivity contribution >= 4 is 5.91 Å². The number of aromatic amines is 1. The second-order valence-electron chi connectivity index (χ2n) is 7.13. The Kier molecular flexibility index (Phi) is 6.40. The molecule has 1 saturated heterocycles. The van der Waals surface area contributed by atoms with Crippen molar-refractivity contribution in [1.82, 2.24) is 19.8 Å². The molecule has 3 rings (SSSR count). The molecule has 6 nitrogen and oxygen atoms in total. The van der Waals surface area contributed by atoms with E-state index in [2.05, 4.69) is 27.9 Å². The number of aromatic nitrogens is 2. The molecule has 2 aromatic rings. The Bertz CT molecular complexity index is 846. The molecule has 0 spiro atoms. The fourth-order valence-electron chi connectivity index (χ4n) is 3.59. The average molecular weight is 368 g/mol. The molecule has 1 aromatic heterocycles. The standard InChI is InChI=1S/C21H28N4O2/c1-3-7-18-14-20(27)23-21(22-18)19-9-5-4-8-17(19)15-24-10-6-11-25(13-12-24)16(2)26/h4-5,8-9,14H,3,6-7,10-13,15H2,1-2H3,(H,22,23,27). The van der Waals surface area contributed by atoms with Gasteiger partial charge in [-0.25, -0.2) is 4.98 Å². The first-order valence-electron chi connectivity index (χ1n) is 9.73. The van der Waals surface area contributed by atoms with Crippen molar-refractivity contribution in [3.8, 4) is 11.4 Å². The number of hydrogen-bond acceptors (Lipinski definition) is 4. The molecular weight excluding hydrogens is 340 g/mol. The third-order valence-electron chi connectivity index (χ3n) is 5.00. The summed E-state index contributed by atoms with van der Waals surface area (Å²) in [5.41, 5.74) is 2.84. The summed E-state index contributed by atoms with van der Waals surface area (Å²) in [4.78, 5) is 35.6. The van der Waals surface area contributed by atoms with Crippen molar-refractivity contribution in [3.63, 3.8) is 0 Å². The highest BCUT2D eigenvalue weighted by atomic mass is 16.2. The highest BCUT2D eigenvalue weighted by molar-refractivity contribution is 5.73. The van der Waals surface area contributed by atoms with Gasteiger partial charge in [-0.3, -0.25) is 14.5 Å². The Morgan fingerprint density at radius 3 is 2.78 bits per heavy atom. The van der Waals surface area contributed by atoms with Gasteiger partial charge in [0.1, 0.15) is 5.82 Å². The summed E-state index contributed by atoms with van der Waals surface area (Å²) in [5.74, 6) is 0.786. The van der Waals surface area contributed by atoms with Crippen LogP contribution in [0.4, 0.5) is 0 Å². The number of hydrogen-bond donors (Lipinski definition) is 1. The molecule has 0 atom stereocenters. The van der Waals surface area contributed by atoms with Gasteiger partial charge in [0.15, 0.2) is 0 Å². The Morgan fingerprint density at radius 2 is 2.00 bits per heavy atom. The lowest BCUT2D eigenvalue weighted by atomic mass is 10.1. The zero-order valence-electron chi connectivity index (χ0n) is 16.2. The van der Waals surface area contributed by atoms with E-state index < -0.39 is 0 Å². The SMILES string of the molecule is CCCc1cc(=O)[nH]c(-c2ccccc2CN2CCCN(C(C)=O)CC2)n1. The maximum Gasteiger partial charge on any atom is 0.251 e. The van der Waals surface area contributed by atoms with E-state index in [1.54, 1.807) is 13.0 Å². The number of nitrogens with zero attached hydrogens (tertiary/aromatic N) is 3. The number of benzene rings is 1. The molecule has 1 N–H and O–H groups in total. The summed E-state index contributed by atoms with van der Waals surface area (Å²) < 4.78 is 0. The number of aryl methyl sites for hydroxylation is 1. The minimum absolute atomic E-state index is 0.106. The van der Waals surface area contributed by atoms with Gasteiger partial charge in [-0.2, -0.15) is 0 Å². The smallest absolute Gasteiger partial charge is 0.251 e. The Morgan fingerprint density at radius 1 is 1.19 bits per heavy atom. The van der Waals surface area contributed by atoms with E-state index in [9.17, 15) is 9.59 Å². The Labute approximate surface area is 160 Å². The first-order valence-corrected chi connectivity index (χ1v) is 9.73. The van der Waals surface area contributed by atoms with Crippen molar-refractivity contribution in [2.24, 2.45) is 0 Å². The topological polar surface area (TPSA) is 69.3 Å². The van der Waals surface area contributed by atoms with Crippen molar-refractivity contribution in [3.05, 3.63) is 51.9 Å². The highest BCUT2D eigenvalue weighted by Gasteiger charge is 2.18. The fraction of sp³-hybridized carbons (Fsp3) is 0.476. The van der Waals surface area contributed by atoms with Crippen LogP contribution in [0.2, 0.25) is 0 Å². The normalized spacial score (nSPS) is 15.6. The van der Waals surface area contributed by atoms with Crippen LogP contribution in [0.1, 0.15) is 37.9 Å². The van der Waals surface area contributed by atoms with Crippen LogP contribution < -0.4 is 5.56 Å². The Hall–Kier alpha value is -2.47. The lowest BCUT2D eigenvalue weighted by Crippen LogP contribution is -2.33. The van der Waals surface area contributed by atoms with Crippen LogP contribution >= 0.6 is 0 Å². The third-order valence-corrected chi connectivity index (χ3v) is 5.00. The van der Waals surface area contributed by atoms with Crippen LogP contribution in [-0.4, -0.2) is 51.9 Å². The van der Waals surface area contributed by atoms with Gasteiger partial charge < -0.3 is 9.88 Å². The van der Waals surface area contributed by atoms with E-state index >= 15 is 0 Å². The van der Waals surface area contributed by atoms with Gasteiger partial charge in [0, 0.05) is 57.0 Å². The number of H-pyrrole nitrogens is 1. The highest BCUT2D eigenvalue weighted by Crippen LogP contribution is 2.22. The minimum atomic E-state index is -0.106. The maximum atomic E-state index is 12.1. The van der Waals surface area contributed by atoms with Gasteiger partial charge in [0.05, 0.1) is 0 Å². The lowest BCUT2D eigenvalue weighted by Gasteiger charge is -2.22. The van der Waals surface area contributed by atoms with E-state index in [1.807, 2.05) is 23.1 Å². The van der Waals surface area contributed by atoms with Crippen LogP contribution in [0.15, 0.2) is 35.1 Å². The zero-order valence-corrected chi connectivity index (χ0v) is 16.2. The minimum Gasteiger partial charge on any atom is -0.342 e. The number of amides is 1. The predicted molar refractivity (Wildman–Crippen MR) is 106 cm³/mol.